The zero-order valence-corrected chi connectivity index (χ0v) is 11.2. The number of hydrazine groups is 1. The molecule has 7 heteroatoms. The number of nitrogens with one attached hydrogen (secondary N) is 1. The van der Waals surface area contributed by atoms with Gasteiger partial charge in [-0.25, -0.2) is 10.6 Å². The average molecular weight is 280 g/mol. The van der Waals surface area contributed by atoms with Crippen molar-refractivity contribution in [2.45, 2.75) is 0 Å². The first-order chi connectivity index (χ1) is 9.60. The number of ether oxygens (including phenoxy) is 3. The smallest absolute Gasteiger partial charge is 0.343 e. The van der Waals surface area contributed by atoms with Crippen LogP contribution in [0.25, 0.3) is 6.08 Å². The molecule has 1 aromatic rings. The minimum Gasteiger partial charge on any atom is -0.493 e. The van der Waals surface area contributed by atoms with Crippen molar-refractivity contribution in [3.05, 3.63) is 29.8 Å². The highest BCUT2D eigenvalue weighted by atomic mass is 16.6. The minimum absolute atomic E-state index is 0.233. The second-order valence-corrected chi connectivity index (χ2v) is 3.62. The Balaban J connectivity index is 2.87. The molecule has 0 atom stereocenters. The minimum atomic E-state index is -0.504. The fraction of sp³-hybridized carbons (Fsp3) is 0.231. The summed E-state index contributed by atoms with van der Waals surface area (Å²) in [6.07, 6.45) is 2.82. The van der Waals surface area contributed by atoms with E-state index in [1.54, 1.807) is 24.3 Å². The maximum Gasteiger partial charge on any atom is 0.343 e. The number of carbonyl (C=O) groups is 2. The lowest BCUT2D eigenvalue weighted by Gasteiger charge is -2.10. The Labute approximate surface area is 116 Å². The van der Waals surface area contributed by atoms with Gasteiger partial charge in [0.05, 0.1) is 14.2 Å². The van der Waals surface area contributed by atoms with Gasteiger partial charge >= 0.3 is 5.97 Å². The summed E-state index contributed by atoms with van der Waals surface area (Å²) < 4.78 is 14.9. The van der Waals surface area contributed by atoms with Crippen LogP contribution in [0.3, 0.4) is 0 Å². The summed E-state index contributed by atoms with van der Waals surface area (Å²) in [7, 11) is 2.76. The molecule has 108 valence electrons. The SMILES string of the molecule is COC(=O)COc1cc(C=CC(=O)NN)ccc1OC. The highest BCUT2D eigenvalue weighted by Crippen LogP contribution is 2.28. The van der Waals surface area contributed by atoms with Gasteiger partial charge < -0.3 is 14.2 Å². The third kappa shape index (κ3) is 4.62. The van der Waals surface area contributed by atoms with Gasteiger partial charge in [0.15, 0.2) is 18.1 Å². The van der Waals surface area contributed by atoms with Crippen LogP contribution in [0, 0.1) is 0 Å². The topological polar surface area (TPSA) is 99.9 Å². The molecule has 0 aliphatic rings. The molecular formula is C13H16N2O5. The van der Waals surface area contributed by atoms with E-state index in [0.717, 1.165) is 0 Å². The predicted octanol–water partition coefficient (Wildman–Crippen LogP) is 0.250. The van der Waals surface area contributed by atoms with Crippen LogP contribution in [0.15, 0.2) is 24.3 Å². The summed E-state index contributed by atoms with van der Waals surface area (Å²) in [5.74, 6) is 4.86. The third-order valence-corrected chi connectivity index (χ3v) is 2.33. The van der Waals surface area contributed by atoms with Crippen molar-refractivity contribution in [3.63, 3.8) is 0 Å². The highest BCUT2D eigenvalue weighted by molar-refractivity contribution is 5.91. The van der Waals surface area contributed by atoms with E-state index < -0.39 is 11.9 Å². The lowest BCUT2D eigenvalue weighted by molar-refractivity contribution is -0.142. The molecule has 0 saturated heterocycles. The maximum atomic E-state index is 11.1. The number of esters is 1. The van der Waals surface area contributed by atoms with Crippen molar-refractivity contribution < 1.29 is 23.8 Å². The molecule has 3 N–H and O–H groups in total. The number of methoxy groups -OCH3 is 2. The molecule has 7 nitrogen and oxygen atoms in total. The van der Waals surface area contributed by atoms with E-state index in [1.807, 2.05) is 5.43 Å². The van der Waals surface area contributed by atoms with Gasteiger partial charge in [0, 0.05) is 6.08 Å². The summed E-state index contributed by atoms with van der Waals surface area (Å²) in [4.78, 5) is 22.1. The van der Waals surface area contributed by atoms with E-state index >= 15 is 0 Å². The number of rotatable bonds is 6. The van der Waals surface area contributed by atoms with Crippen molar-refractivity contribution in [3.8, 4) is 11.5 Å². The molecule has 0 unspecified atom stereocenters. The molecule has 0 heterocycles. The Morgan fingerprint density at radius 3 is 2.65 bits per heavy atom. The second kappa shape index (κ2) is 7.80. The number of nitrogens with two attached hydrogens (primary N) is 1. The maximum absolute atomic E-state index is 11.1. The zero-order chi connectivity index (χ0) is 15.0. The first-order valence-electron chi connectivity index (χ1n) is 5.67. The molecule has 1 aromatic carbocycles. The number of benzene rings is 1. The molecule has 0 aliphatic carbocycles. The molecule has 0 fully saturated rings. The van der Waals surface area contributed by atoms with E-state index in [1.165, 1.54) is 20.3 Å². The van der Waals surface area contributed by atoms with E-state index in [0.29, 0.717) is 17.1 Å². The van der Waals surface area contributed by atoms with Crippen molar-refractivity contribution >= 4 is 18.0 Å². The van der Waals surface area contributed by atoms with E-state index in [9.17, 15) is 9.59 Å². The quantitative estimate of drug-likeness (QED) is 0.255. The number of hydrogen-bond donors (Lipinski definition) is 2. The lowest BCUT2D eigenvalue weighted by Crippen LogP contribution is -2.27. The Kier molecular flexibility index (Phi) is 6.05. The first-order valence-corrected chi connectivity index (χ1v) is 5.67. The molecule has 20 heavy (non-hydrogen) atoms. The second-order valence-electron chi connectivity index (χ2n) is 3.62. The van der Waals surface area contributed by atoms with Crippen LogP contribution in [0.4, 0.5) is 0 Å². The first kappa shape index (κ1) is 15.5. The van der Waals surface area contributed by atoms with Crippen LogP contribution in [0.2, 0.25) is 0 Å². The van der Waals surface area contributed by atoms with Gasteiger partial charge in [0.1, 0.15) is 0 Å². The Bertz CT molecular complexity index is 513. The van der Waals surface area contributed by atoms with Crippen LogP contribution < -0.4 is 20.7 Å². The molecule has 0 spiro atoms. The summed E-state index contributed by atoms with van der Waals surface area (Å²) >= 11 is 0. The van der Waals surface area contributed by atoms with Gasteiger partial charge in [-0.05, 0) is 23.8 Å². The Morgan fingerprint density at radius 2 is 2.05 bits per heavy atom. The Hall–Kier alpha value is -2.54. The summed E-state index contributed by atoms with van der Waals surface area (Å²) in [5, 5.41) is 0. The number of hydrogen-bond acceptors (Lipinski definition) is 6. The van der Waals surface area contributed by atoms with Gasteiger partial charge in [-0.15, -0.1) is 0 Å². The van der Waals surface area contributed by atoms with Crippen molar-refractivity contribution in [2.75, 3.05) is 20.8 Å². The van der Waals surface area contributed by atoms with E-state index in [2.05, 4.69) is 4.74 Å². The fourth-order valence-corrected chi connectivity index (χ4v) is 1.33. The highest BCUT2D eigenvalue weighted by Gasteiger charge is 2.08. The molecule has 1 amide bonds. The van der Waals surface area contributed by atoms with Crippen LogP contribution in [-0.2, 0) is 14.3 Å². The van der Waals surface area contributed by atoms with Gasteiger partial charge in [0.25, 0.3) is 5.91 Å². The van der Waals surface area contributed by atoms with Crippen molar-refractivity contribution in [1.82, 2.24) is 5.43 Å². The van der Waals surface area contributed by atoms with Crippen LogP contribution in [-0.4, -0.2) is 32.7 Å². The summed E-state index contributed by atoms with van der Waals surface area (Å²) in [6, 6.07) is 5.01. The van der Waals surface area contributed by atoms with Gasteiger partial charge in [-0.3, -0.25) is 10.2 Å². The largest absolute Gasteiger partial charge is 0.493 e. The molecule has 0 saturated carbocycles. The van der Waals surface area contributed by atoms with Crippen molar-refractivity contribution in [1.29, 1.82) is 0 Å². The van der Waals surface area contributed by atoms with Gasteiger partial charge in [-0.2, -0.15) is 0 Å². The normalized spacial score (nSPS) is 10.2. The van der Waals surface area contributed by atoms with E-state index in [-0.39, 0.29) is 6.61 Å². The molecule has 0 aromatic heterocycles. The zero-order valence-electron chi connectivity index (χ0n) is 11.2. The molecule has 0 bridgehead atoms. The van der Waals surface area contributed by atoms with Crippen LogP contribution in [0.5, 0.6) is 11.5 Å². The molecule has 0 radical (unpaired) electrons. The fourth-order valence-electron chi connectivity index (χ4n) is 1.33. The number of amides is 1. The molecular weight excluding hydrogens is 264 g/mol. The summed E-state index contributed by atoms with van der Waals surface area (Å²) in [6.45, 7) is -0.233. The van der Waals surface area contributed by atoms with Crippen LogP contribution >= 0.6 is 0 Å². The Morgan fingerprint density at radius 1 is 1.30 bits per heavy atom. The predicted molar refractivity (Wildman–Crippen MR) is 71.9 cm³/mol. The van der Waals surface area contributed by atoms with Gasteiger partial charge in [-0.1, -0.05) is 6.07 Å². The molecule has 0 aliphatic heterocycles. The van der Waals surface area contributed by atoms with Crippen molar-refractivity contribution in [2.24, 2.45) is 5.84 Å². The van der Waals surface area contributed by atoms with Crippen LogP contribution in [0.1, 0.15) is 5.56 Å². The van der Waals surface area contributed by atoms with Gasteiger partial charge in [0.2, 0.25) is 0 Å². The average Bonchev–Trinajstić information content (AvgIpc) is 2.49. The van der Waals surface area contributed by atoms with E-state index in [4.69, 9.17) is 15.3 Å². The molecule has 1 rings (SSSR count). The monoisotopic (exact) mass is 280 g/mol. The standard InChI is InChI=1S/C13H16N2O5/c1-18-10-5-3-9(4-6-12(16)15-14)7-11(10)20-8-13(17)19-2/h3-7H,8,14H2,1-2H3,(H,15,16). The third-order valence-electron chi connectivity index (χ3n) is 2.33. The lowest BCUT2D eigenvalue weighted by atomic mass is 10.2. The summed E-state index contributed by atoms with van der Waals surface area (Å²) in [5.41, 5.74) is 2.67. The number of carbonyl (C=O) groups excluding carboxylic acids is 2.